The average molecular weight is 364 g/mol. The fraction of sp³-hybridized carbons (Fsp3) is 0.188. The second-order valence-corrected chi connectivity index (χ2v) is 6.71. The van der Waals surface area contributed by atoms with Crippen molar-refractivity contribution in [1.29, 1.82) is 0 Å². The van der Waals surface area contributed by atoms with Gasteiger partial charge in [-0.05, 0) is 46.6 Å². The molecule has 0 radical (unpaired) electrons. The summed E-state index contributed by atoms with van der Waals surface area (Å²) in [6, 6.07) is 7.49. The number of thiophene rings is 1. The molecule has 2 rings (SSSR count). The van der Waals surface area contributed by atoms with E-state index in [-0.39, 0.29) is 12.5 Å². The van der Waals surface area contributed by atoms with Crippen LogP contribution in [0.3, 0.4) is 0 Å². The number of aliphatic hydroxyl groups is 1. The molecule has 0 fully saturated rings. The minimum absolute atomic E-state index is 0.0312. The van der Waals surface area contributed by atoms with Crippen molar-refractivity contribution >= 4 is 38.9 Å². The summed E-state index contributed by atoms with van der Waals surface area (Å²) in [5, 5.41) is 13.5. The van der Waals surface area contributed by atoms with Crippen molar-refractivity contribution in [2.75, 3.05) is 11.9 Å². The smallest absolute Gasteiger partial charge is 0.256 e. The van der Waals surface area contributed by atoms with Crippen LogP contribution in [0.15, 0.2) is 33.4 Å². The predicted octanol–water partition coefficient (Wildman–Crippen LogP) is 3.81. The lowest BCUT2D eigenvalue weighted by Gasteiger charge is -2.08. The normalized spacial score (nSPS) is 9.86. The highest BCUT2D eigenvalue weighted by atomic mass is 79.9. The molecule has 1 heterocycles. The lowest BCUT2D eigenvalue weighted by molar-refractivity contribution is 0.102. The molecule has 5 heteroatoms. The van der Waals surface area contributed by atoms with Crippen molar-refractivity contribution in [3.63, 3.8) is 0 Å². The fourth-order valence-electron chi connectivity index (χ4n) is 1.71. The van der Waals surface area contributed by atoms with E-state index in [1.807, 2.05) is 25.1 Å². The number of rotatable bonds is 3. The van der Waals surface area contributed by atoms with Gasteiger partial charge in [0.2, 0.25) is 0 Å². The van der Waals surface area contributed by atoms with E-state index in [1.165, 1.54) is 11.3 Å². The van der Waals surface area contributed by atoms with Crippen molar-refractivity contribution in [2.24, 2.45) is 0 Å². The summed E-state index contributed by atoms with van der Waals surface area (Å²) in [5.41, 5.74) is 3.09. The number of hydrogen-bond donors (Lipinski definition) is 2. The summed E-state index contributed by atoms with van der Waals surface area (Å²) in [4.78, 5) is 12.2. The summed E-state index contributed by atoms with van der Waals surface area (Å²) >= 11 is 4.81. The highest BCUT2D eigenvalue weighted by Crippen LogP contribution is 2.23. The first kappa shape index (κ1) is 15.8. The molecule has 3 nitrogen and oxygen atoms in total. The first-order valence-electron chi connectivity index (χ1n) is 6.36. The lowest BCUT2D eigenvalue weighted by Crippen LogP contribution is -2.12. The van der Waals surface area contributed by atoms with Gasteiger partial charge in [0.25, 0.3) is 5.91 Å². The number of halogens is 1. The molecule has 1 amide bonds. The molecule has 0 aliphatic carbocycles. The predicted molar refractivity (Wildman–Crippen MR) is 89.7 cm³/mol. The number of carbonyl (C=O) groups excluding carboxylic acids is 1. The molecule has 0 aliphatic heterocycles. The van der Waals surface area contributed by atoms with Gasteiger partial charge < -0.3 is 10.4 Å². The Morgan fingerprint density at radius 3 is 2.90 bits per heavy atom. The Bertz CT molecular complexity index is 713. The van der Waals surface area contributed by atoms with Gasteiger partial charge in [0, 0.05) is 17.4 Å². The van der Waals surface area contributed by atoms with Gasteiger partial charge in [0.15, 0.2) is 0 Å². The molecule has 2 aromatic rings. The van der Waals surface area contributed by atoms with E-state index in [1.54, 1.807) is 11.4 Å². The van der Waals surface area contributed by atoms with Crippen LogP contribution < -0.4 is 5.32 Å². The lowest BCUT2D eigenvalue weighted by atomic mass is 10.1. The van der Waals surface area contributed by atoms with Gasteiger partial charge >= 0.3 is 0 Å². The van der Waals surface area contributed by atoms with Gasteiger partial charge in [-0.25, -0.2) is 0 Å². The maximum Gasteiger partial charge on any atom is 0.256 e. The van der Waals surface area contributed by atoms with Crippen LogP contribution in [0, 0.1) is 18.8 Å². The zero-order valence-electron chi connectivity index (χ0n) is 11.4. The first-order chi connectivity index (χ1) is 10.1. The Hall–Kier alpha value is -1.61. The maximum absolute atomic E-state index is 12.2. The van der Waals surface area contributed by atoms with E-state index in [2.05, 4.69) is 33.1 Å². The van der Waals surface area contributed by atoms with E-state index in [4.69, 9.17) is 5.11 Å². The van der Waals surface area contributed by atoms with Crippen molar-refractivity contribution < 1.29 is 9.90 Å². The summed E-state index contributed by atoms with van der Waals surface area (Å²) in [6.45, 7) is 1.99. The van der Waals surface area contributed by atoms with E-state index < -0.39 is 0 Å². The molecular formula is C16H14BrNO2S. The van der Waals surface area contributed by atoms with Gasteiger partial charge in [-0.2, -0.15) is 0 Å². The van der Waals surface area contributed by atoms with Crippen molar-refractivity contribution in [2.45, 2.75) is 13.3 Å². The molecular weight excluding hydrogens is 350 g/mol. The van der Waals surface area contributed by atoms with E-state index in [0.717, 1.165) is 14.9 Å². The SMILES string of the molecule is Cc1ccc(C#CCCO)c(NC(=O)c2csc(Br)c2)c1. The van der Waals surface area contributed by atoms with Crippen LogP contribution in [-0.2, 0) is 0 Å². The number of nitrogens with one attached hydrogen (secondary N) is 1. The molecule has 0 saturated carbocycles. The molecule has 108 valence electrons. The van der Waals surface area contributed by atoms with Crippen LogP contribution in [0.2, 0.25) is 0 Å². The van der Waals surface area contributed by atoms with Crippen molar-refractivity contribution in [3.8, 4) is 11.8 Å². The maximum atomic E-state index is 12.2. The molecule has 0 aliphatic rings. The van der Waals surface area contributed by atoms with Gasteiger partial charge in [0.05, 0.1) is 21.6 Å². The monoisotopic (exact) mass is 363 g/mol. The molecule has 1 aromatic heterocycles. The first-order valence-corrected chi connectivity index (χ1v) is 8.03. The second-order valence-electron chi connectivity index (χ2n) is 4.42. The van der Waals surface area contributed by atoms with Gasteiger partial charge in [-0.3, -0.25) is 4.79 Å². The third-order valence-corrected chi connectivity index (χ3v) is 4.22. The highest BCUT2D eigenvalue weighted by Gasteiger charge is 2.10. The Morgan fingerprint density at radius 1 is 1.43 bits per heavy atom. The van der Waals surface area contributed by atoms with Gasteiger partial charge in [0.1, 0.15) is 0 Å². The molecule has 0 spiro atoms. The molecule has 21 heavy (non-hydrogen) atoms. The topological polar surface area (TPSA) is 49.3 Å². The van der Waals surface area contributed by atoms with Crippen LogP contribution in [0.4, 0.5) is 5.69 Å². The number of aryl methyl sites for hydroxylation is 1. The number of anilines is 1. The molecule has 1 aromatic carbocycles. The Labute approximate surface area is 136 Å². The Kier molecular flexibility index (Phi) is 5.57. The quantitative estimate of drug-likeness (QED) is 0.814. The van der Waals surface area contributed by atoms with E-state index in [0.29, 0.717) is 17.7 Å². The third-order valence-electron chi connectivity index (χ3n) is 2.71. The number of carbonyl (C=O) groups is 1. The van der Waals surface area contributed by atoms with Crippen LogP contribution >= 0.6 is 27.3 Å². The molecule has 0 atom stereocenters. The summed E-state index contributed by atoms with van der Waals surface area (Å²) in [6.07, 6.45) is 0.415. The van der Waals surface area contributed by atoms with Gasteiger partial charge in [-0.1, -0.05) is 17.9 Å². The fourth-order valence-corrected chi connectivity index (χ4v) is 2.84. The number of benzene rings is 1. The minimum Gasteiger partial charge on any atom is -0.395 e. The zero-order valence-corrected chi connectivity index (χ0v) is 13.8. The second kappa shape index (κ2) is 7.41. The van der Waals surface area contributed by atoms with E-state index in [9.17, 15) is 4.79 Å². The molecule has 0 unspecified atom stereocenters. The number of hydrogen-bond acceptors (Lipinski definition) is 3. The molecule has 0 bridgehead atoms. The Morgan fingerprint density at radius 2 is 2.24 bits per heavy atom. The summed E-state index contributed by atoms with van der Waals surface area (Å²) in [7, 11) is 0. The summed E-state index contributed by atoms with van der Waals surface area (Å²) in [5.74, 6) is 5.68. The standard InChI is InChI=1S/C16H14BrNO2S/c1-11-5-6-12(4-2-3-7-19)14(8-11)18-16(20)13-9-15(17)21-10-13/h5-6,8-10,19H,3,7H2,1H3,(H,18,20). The highest BCUT2D eigenvalue weighted by molar-refractivity contribution is 9.11. The minimum atomic E-state index is -0.159. The van der Waals surface area contributed by atoms with E-state index >= 15 is 0 Å². The largest absolute Gasteiger partial charge is 0.395 e. The molecule has 0 saturated heterocycles. The van der Waals surface area contributed by atoms with Crippen molar-refractivity contribution in [3.05, 3.63) is 50.1 Å². The van der Waals surface area contributed by atoms with Gasteiger partial charge in [-0.15, -0.1) is 11.3 Å². The Balaban J connectivity index is 2.24. The summed E-state index contributed by atoms with van der Waals surface area (Å²) < 4.78 is 0.917. The van der Waals surface area contributed by atoms with Crippen molar-refractivity contribution in [1.82, 2.24) is 0 Å². The zero-order chi connectivity index (χ0) is 15.2. The number of aliphatic hydroxyl groups excluding tert-OH is 1. The number of amides is 1. The average Bonchev–Trinajstić information content (AvgIpc) is 2.88. The van der Waals surface area contributed by atoms with Crippen LogP contribution in [0.1, 0.15) is 27.9 Å². The molecule has 2 N–H and O–H groups in total. The van der Waals surface area contributed by atoms with Crippen LogP contribution in [-0.4, -0.2) is 17.6 Å². The van der Waals surface area contributed by atoms with Crippen LogP contribution in [0.25, 0.3) is 0 Å². The third kappa shape index (κ3) is 4.43. The van der Waals surface area contributed by atoms with Crippen LogP contribution in [0.5, 0.6) is 0 Å².